The summed E-state index contributed by atoms with van der Waals surface area (Å²) < 4.78 is 4.63. The molecular weight excluding hydrogens is 250 g/mol. The van der Waals surface area contributed by atoms with Crippen LogP contribution in [0.5, 0.6) is 0 Å². The molecule has 0 aliphatic rings. The number of anilines is 2. The van der Waals surface area contributed by atoms with Crippen LogP contribution in [0.3, 0.4) is 0 Å². The first-order valence-corrected chi connectivity index (χ1v) is 6.67. The van der Waals surface area contributed by atoms with E-state index in [1.54, 1.807) is 0 Å². The molecule has 2 aromatic rings. The van der Waals surface area contributed by atoms with Gasteiger partial charge in [0.1, 0.15) is 0 Å². The number of carbonyl (C=O) groups is 1. The van der Waals surface area contributed by atoms with Gasteiger partial charge in [-0.25, -0.2) is 0 Å². The minimum atomic E-state index is -0.174. The van der Waals surface area contributed by atoms with Crippen molar-refractivity contribution in [1.82, 2.24) is 0 Å². The number of esters is 1. The largest absolute Gasteiger partial charge is 0.469 e. The molecule has 0 amide bonds. The van der Waals surface area contributed by atoms with Gasteiger partial charge in [-0.3, -0.25) is 4.79 Å². The van der Waals surface area contributed by atoms with Crippen molar-refractivity contribution in [3.8, 4) is 0 Å². The van der Waals surface area contributed by atoms with Gasteiger partial charge in [0.15, 0.2) is 0 Å². The van der Waals surface area contributed by atoms with Gasteiger partial charge < -0.3 is 10.1 Å². The molecule has 0 saturated heterocycles. The van der Waals surface area contributed by atoms with Crippen molar-refractivity contribution in [3.63, 3.8) is 0 Å². The van der Waals surface area contributed by atoms with Crippen LogP contribution >= 0.6 is 0 Å². The lowest BCUT2D eigenvalue weighted by Crippen LogP contribution is -2.01. The van der Waals surface area contributed by atoms with Crippen molar-refractivity contribution in [2.45, 2.75) is 19.8 Å². The highest BCUT2D eigenvalue weighted by Gasteiger charge is 2.01. The molecule has 1 N–H and O–H groups in total. The zero-order chi connectivity index (χ0) is 14.4. The molecule has 3 nitrogen and oxygen atoms in total. The summed E-state index contributed by atoms with van der Waals surface area (Å²) in [6.45, 7) is 2.07. The van der Waals surface area contributed by atoms with Crippen molar-refractivity contribution in [1.29, 1.82) is 0 Å². The maximum absolute atomic E-state index is 11.1. The molecule has 0 bridgehead atoms. The molecule has 0 spiro atoms. The van der Waals surface area contributed by atoms with Crippen LogP contribution in [-0.4, -0.2) is 13.1 Å². The lowest BCUT2D eigenvalue weighted by molar-refractivity contribution is -0.140. The van der Waals surface area contributed by atoms with Gasteiger partial charge in [0.25, 0.3) is 0 Å². The van der Waals surface area contributed by atoms with E-state index in [2.05, 4.69) is 41.2 Å². The van der Waals surface area contributed by atoms with Gasteiger partial charge in [-0.2, -0.15) is 0 Å². The van der Waals surface area contributed by atoms with Gasteiger partial charge in [-0.1, -0.05) is 29.8 Å². The van der Waals surface area contributed by atoms with Crippen molar-refractivity contribution >= 4 is 17.3 Å². The fourth-order valence-electron chi connectivity index (χ4n) is 1.91. The second kappa shape index (κ2) is 6.75. The van der Waals surface area contributed by atoms with Crippen LogP contribution in [0.4, 0.5) is 11.4 Å². The van der Waals surface area contributed by atoms with Crippen molar-refractivity contribution in [2.24, 2.45) is 0 Å². The molecule has 0 aliphatic carbocycles. The number of nitrogens with one attached hydrogen (secondary N) is 1. The number of aryl methyl sites for hydroxylation is 2. The van der Waals surface area contributed by atoms with Crippen molar-refractivity contribution in [2.75, 3.05) is 12.4 Å². The highest BCUT2D eigenvalue weighted by atomic mass is 16.5. The van der Waals surface area contributed by atoms with Gasteiger partial charge in [-0.05, 0) is 43.2 Å². The lowest BCUT2D eigenvalue weighted by atomic mass is 10.1. The first-order chi connectivity index (χ1) is 9.67. The summed E-state index contributed by atoms with van der Waals surface area (Å²) >= 11 is 0. The Morgan fingerprint density at radius 2 is 1.55 bits per heavy atom. The van der Waals surface area contributed by atoms with Gasteiger partial charge >= 0.3 is 5.97 Å². The number of methoxy groups -OCH3 is 1. The highest BCUT2D eigenvalue weighted by molar-refractivity contribution is 5.69. The topological polar surface area (TPSA) is 38.3 Å². The Hall–Kier alpha value is -2.29. The van der Waals surface area contributed by atoms with Gasteiger partial charge in [0, 0.05) is 17.8 Å². The van der Waals surface area contributed by atoms with Crippen LogP contribution in [0.1, 0.15) is 17.5 Å². The number of ether oxygens (including phenoxy) is 1. The van der Waals surface area contributed by atoms with Crippen molar-refractivity contribution in [3.05, 3.63) is 59.7 Å². The SMILES string of the molecule is COC(=O)CCc1ccc(Nc2ccc(C)cc2)cc1. The molecule has 0 radical (unpaired) electrons. The number of hydrogen-bond acceptors (Lipinski definition) is 3. The quantitative estimate of drug-likeness (QED) is 0.838. The molecule has 0 atom stereocenters. The van der Waals surface area contributed by atoms with Crippen LogP contribution in [0.2, 0.25) is 0 Å². The fraction of sp³-hybridized carbons (Fsp3) is 0.235. The lowest BCUT2D eigenvalue weighted by Gasteiger charge is -2.08. The van der Waals surface area contributed by atoms with E-state index in [0.29, 0.717) is 12.8 Å². The average Bonchev–Trinajstić information content (AvgIpc) is 2.48. The molecule has 20 heavy (non-hydrogen) atoms. The van der Waals surface area contributed by atoms with E-state index in [-0.39, 0.29) is 5.97 Å². The summed E-state index contributed by atoms with van der Waals surface area (Å²) in [5.74, 6) is -0.174. The summed E-state index contributed by atoms with van der Waals surface area (Å²) in [6, 6.07) is 16.4. The third-order valence-corrected chi connectivity index (χ3v) is 3.14. The smallest absolute Gasteiger partial charge is 0.305 e. The zero-order valence-electron chi connectivity index (χ0n) is 11.8. The maximum Gasteiger partial charge on any atom is 0.305 e. The Bertz CT molecular complexity index is 559. The van der Waals surface area contributed by atoms with E-state index in [1.165, 1.54) is 12.7 Å². The molecule has 0 aliphatic heterocycles. The van der Waals surface area contributed by atoms with Gasteiger partial charge in [0.05, 0.1) is 7.11 Å². The normalized spacial score (nSPS) is 10.1. The van der Waals surface area contributed by atoms with E-state index < -0.39 is 0 Å². The minimum Gasteiger partial charge on any atom is -0.469 e. The Kier molecular flexibility index (Phi) is 4.77. The molecule has 0 unspecified atom stereocenters. The number of rotatable bonds is 5. The average molecular weight is 269 g/mol. The molecule has 0 fully saturated rings. The Balaban J connectivity index is 1.94. The number of hydrogen-bond donors (Lipinski definition) is 1. The molecule has 0 heterocycles. The number of carbonyl (C=O) groups excluding carboxylic acids is 1. The summed E-state index contributed by atoms with van der Waals surface area (Å²) in [5, 5.41) is 3.34. The Morgan fingerprint density at radius 3 is 2.10 bits per heavy atom. The molecule has 0 aromatic heterocycles. The van der Waals surface area contributed by atoms with Crippen LogP contribution in [0, 0.1) is 6.92 Å². The first-order valence-electron chi connectivity index (χ1n) is 6.67. The third-order valence-electron chi connectivity index (χ3n) is 3.14. The van der Waals surface area contributed by atoms with Crippen LogP contribution in [0.25, 0.3) is 0 Å². The molecule has 0 saturated carbocycles. The van der Waals surface area contributed by atoms with E-state index in [4.69, 9.17) is 0 Å². The predicted octanol–water partition coefficient (Wildman–Crippen LogP) is 3.84. The van der Waals surface area contributed by atoms with E-state index in [9.17, 15) is 4.79 Å². The molecule has 2 aromatic carbocycles. The Morgan fingerprint density at radius 1 is 1.00 bits per heavy atom. The van der Waals surface area contributed by atoms with E-state index in [1.807, 2.05) is 24.3 Å². The third kappa shape index (κ3) is 4.12. The predicted molar refractivity (Wildman–Crippen MR) is 81.2 cm³/mol. The van der Waals surface area contributed by atoms with Crippen LogP contribution in [0.15, 0.2) is 48.5 Å². The molecule has 104 valence electrons. The summed E-state index contributed by atoms with van der Waals surface area (Å²) in [6.07, 6.45) is 1.12. The molecule has 3 heteroatoms. The first kappa shape index (κ1) is 14.1. The number of benzene rings is 2. The molecule has 2 rings (SSSR count). The van der Waals surface area contributed by atoms with E-state index in [0.717, 1.165) is 16.9 Å². The molecular formula is C17H19NO2. The Labute approximate surface area is 119 Å². The maximum atomic E-state index is 11.1. The zero-order valence-corrected chi connectivity index (χ0v) is 11.8. The monoisotopic (exact) mass is 269 g/mol. The van der Waals surface area contributed by atoms with Crippen LogP contribution in [-0.2, 0) is 16.0 Å². The second-order valence-electron chi connectivity index (χ2n) is 4.76. The summed E-state index contributed by atoms with van der Waals surface area (Å²) in [4.78, 5) is 11.1. The highest BCUT2D eigenvalue weighted by Crippen LogP contribution is 2.18. The van der Waals surface area contributed by atoms with E-state index >= 15 is 0 Å². The van der Waals surface area contributed by atoms with Gasteiger partial charge in [0.2, 0.25) is 0 Å². The fourth-order valence-corrected chi connectivity index (χ4v) is 1.91. The van der Waals surface area contributed by atoms with Crippen molar-refractivity contribution < 1.29 is 9.53 Å². The minimum absolute atomic E-state index is 0.174. The van der Waals surface area contributed by atoms with Crippen LogP contribution < -0.4 is 5.32 Å². The van der Waals surface area contributed by atoms with Gasteiger partial charge in [-0.15, -0.1) is 0 Å². The second-order valence-corrected chi connectivity index (χ2v) is 4.76. The standard InChI is InChI=1S/C17H19NO2/c1-13-3-8-15(9-4-13)18-16-10-5-14(6-11-16)7-12-17(19)20-2/h3-6,8-11,18H,7,12H2,1-2H3. The summed E-state index contributed by atoms with van der Waals surface area (Å²) in [5.41, 5.74) is 4.48. The summed E-state index contributed by atoms with van der Waals surface area (Å²) in [7, 11) is 1.41.